The fourth-order valence-corrected chi connectivity index (χ4v) is 2.74. The van der Waals surface area contributed by atoms with Crippen LogP contribution in [0.5, 0.6) is 0 Å². The lowest BCUT2D eigenvalue weighted by Crippen LogP contribution is -2.53. The fourth-order valence-electron chi connectivity index (χ4n) is 2.74. The SMILES string of the molecule is O=C(c1cccc(F)n1)N1CCN2C(=O)CCC2C1. The average Bonchev–Trinajstić information content (AvgIpc) is 2.79. The molecule has 2 aliphatic heterocycles. The van der Waals surface area contributed by atoms with E-state index in [0.717, 1.165) is 6.42 Å². The molecule has 0 saturated carbocycles. The van der Waals surface area contributed by atoms with Crippen molar-refractivity contribution in [1.29, 1.82) is 0 Å². The molecule has 0 bridgehead atoms. The van der Waals surface area contributed by atoms with Gasteiger partial charge in [-0.15, -0.1) is 0 Å². The van der Waals surface area contributed by atoms with Crippen LogP contribution < -0.4 is 0 Å². The lowest BCUT2D eigenvalue weighted by Gasteiger charge is -2.37. The van der Waals surface area contributed by atoms with Gasteiger partial charge in [-0.3, -0.25) is 9.59 Å². The molecule has 1 unspecified atom stereocenters. The highest BCUT2D eigenvalue weighted by Gasteiger charge is 2.37. The molecular weight excluding hydrogens is 249 g/mol. The molecule has 3 heterocycles. The van der Waals surface area contributed by atoms with Crippen LogP contribution in [0.2, 0.25) is 0 Å². The third-order valence-corrected chi connectivity index (χ3v) is 3.72. The van der Waals surface area contributed by atoms with Gasteiger partial charge >= 0.3 is 0 Å². The Kier molecular flexibility index (Phi) is 2.93. The zero-order valence-electron chi connectivity index (χ0n) is 10.4. The maximum absolute atomic E-state index is 13.0. The van der Waals surface area contributed by atoms with Gasteiger partial charge in [-0.25, -0.2) is 4.98 Å². The molecule has 1 aromatic rings. The van der Waals surface area contributed by atoms with Gasteiger partial charge in [0.25, 0.3) is 5.91 Å². The van der Waals surface area contributed by atoms with Crippen LogP contribution in [0.4, 0.5) is 4.39 Å². The second kappa shape index (κ2) is 4.60. The molecule has 5 nitrogen and oxygen atoms in total. The molecule has 0 aromatic carbocycles. The van der Waals surface area contributed by atoms with Crippen LogP contribution in [0.3, 0.4) is 0 Å². The molecule has 2 amide bonds. The van der Waals surface area contributed by atoms with E-state index in [2.05, 4.69) is 4.98 Å². The number of carbonyl (C=O) groups excluding carboxylic acids is 2. The van der Waals surface area contributed by atoms with Crippen molar-refractivity contribution in [2.45, 2.75) is 18.9 Å². The number of hydrogen-bond acceptors (Lipinski definition) is 3. The molecule has 100 valence electrons. The van der Waals surface area contributed by atoms with Crippen molar-refractivity contribution in [2.75, 3.05) is 19.6 Å². The van der Waals surface area contributed by atoms with E-state index in [-0.39, 0.29) is 23.6 Å². The lowest BCUT2D eigenvalue weighted by molar-refractivity contribution is -0.130. The molecule has 2 saturated heterocycles. The van der Waals surface area contributed by atoms with Gasteiger partial charge in [-0.05, 0) is 18.6 Å². The first-order valence-electron chi connectivity index (χ1n) is 6.36. The van der Waals surface area contributed by atoms with E-state index in [9.17, 15) is 14.0 Å². The summed E-state index contributed by atoms with van der Waals surface area (Å²) in [5, 5.41) is 0. The summed E-state index contributed by atoms with van der Waals surface area (Å²) < 4.78 is 13.0. The number of amides is 2. The number of hydrogen-bond donors (Lipinski definition) is 0. The predicted octanol–water partition coefficient (Wildman–Crippen LogP) is 0.667. The molecule has 1 atom stereocenters. The van der Waals surface area contributed by atoms with Crippen molar-refractivity contribution in [3.8, 4) is 0 Å². The van der Waals surface area contributed by atoms with Crippen LogP contribution in [0.15, 0.2) is 18.2 Å². The van der Waals surface area contributed by atoms with E-state index in [4.69, 9.17) is 0 Å². The Morgan fingerprint density at radius 1 is 1.37 bits per heavy atom. The molecule has 6 heteroatoms. The van der Waals surface area contributed by atoms with E-state index in [0.29, 0.717) is 26.1 Å². The summed E-state index contributed by atoms with van der Waals surface area (Å²) in [6.07, 6.45) is 1.35. The van der Waals surface area contributed by atoms with Gasteiger partial charge < -0.3 is 9.80 Å². The van der Waals surface area contributed by atoms with Crippen molar-refractivity contribution in [3.05, 3.63) is 29.8 Å². The molecule has 2 aliphatic rings. The number of piperazine rings is 1. The number of rotatable bonds is 1. The molecule has 0 radical (unpaired) electrons. The maximum atomic E-state index is 13.0. The molecule has 0 aliphatic carbocycles. The molecule has 0 spiro atoms. The highest BCUT2D eigenvalue weighted by Crippen LogP contribution is 2.23. The normalized spacial score (nSPS) is 22.6. The summed E-state index contributed by atoms with van der Waals surface area (Å²) in [7, 11) is 0. The summed E-state index contributed by atoms with van der Waals surface area (Å²) in [6.45, 7) is 1.56. The van der Waals surface area contributed by atoms with E-state index in [1.165, 1.54) is 18.2 Å². The largest absolute Gasteiger partial charge is 0.336 e. The van der Waals surface area contributed by atoms with Crippen LogP contribution in [0.1, 0.15) is 23.3 Å². The summed E-state index contributed by atoms with van der Waals surface area (Å²) >= 11 is 0. The minimum atomic E-state index is -0.652. The number of aromatic nitrogens is 1. The van der Waals surface area contributed by atoms with Gasteiger partial charge in [0.05, 0.1) is 0 Å². The van der Waals surface area contributed by atoms with Crippen LogP contribution in [-0.2, 0) is 4.79 Å². The second-order valence-electron chi connectivity index (χ2n) is 4.88. The van der Waals surface area contributed by atoms with Crippen LogP contribution in [0.25, 0.3) is 0 Å². The fraction of sp³-hybridized carbons (Fsp3) is 0.462. The lowest BCUT2D eigenvalue weighted by atomic mass is 10.1. The Morgan fingerprint density at radius 2 is 2.21 bits per heavy atom. The van der Waals surface area contributed by atoms with Crippen molar-refractivity contribution < 1.29 is 14.0 Å². The summed E-state index contributed by atoms with van der Waals surface area (Å²) in [5.41, 5.74) is 0.123. The number of pyridine rings is 1. The molecule has 3 rings (SSSR count). The van der Waals surface area contributed by atoms with Gasteiger partial charge in [0.15, 0.2) is 0 Å². The highest BCUT2D eigenvalue weighted by molar-refractivity contribution is 5.92. The van der Waals surface area contributed by atoms with Crippen molar-refractivity contribution in [1.82, 2.24) is 14.8 Å². The topological polar surface area (TPSA) is 53.5 Å². The van der Waals surface area contributed by atoms with E-state index in [1.807, 2.05) is 4.90 Å². The zero-order chi connectivity index (χ0) is 13.4. The Morgan fingerprint density at radius 3 is 3.00 bits per heavy atom. The quantitative estimate of drug-likeness (QED) is 0.700. The third kappa shape index (κ3) is 2.18. The molecule has 2 fully saturated rings. The highest BCUT2D eigenvalue weighted by atomic mass is 19.1. The molecule has 19 heavy (non-hydrogen) atoms. The van der Waals surface area contributed by atoms with Gasteiger partial charge in [-0.1, -0.05) is 6.07 Å². The van der Waals surface area contributed by atoms with Crippen LogP contribution in [0, 0.1) is 5.95 Å². The predicted molar refractivity (Wildman–Crippen MR) is 64.8 cm³/mol. The van der Waals surface area contributed by atoms with Gasteiger partial charge in [0, 0.05) is 32.1 Å². The van der Waals surface area contributed by atoms with Crippen LogP contribution in [-0.4, -0.2) is 52.3 Å². The first-order valence-corrected chi connectivity index (χ1v) is 6.36. The Hall–Kier alpha value is -1.98. The number of halogens is 1. The van der Waals surface area contributed by atoms with E-state index in [1.54, 1.807) is 4.90 Å². The maximum Gasteiger partial charge on any atom is 0.272 e. The number of nitrogens with zero attached hydrogens (tertiary/aromatic N) is 3. The minimum Gasteiger partial charge on any atom is -0.336 e. The number of carbonyl (C=O) groups is 2. The Balaban J connectivity index is 1.74. The van der Waals surface area contributed by atoms with E-state index >= 15 is 0 Å². The van der Waals surface area contributed by atoms with E-state index < -0.39 is 5.95 Å². The smallest absolute Gasteiger partial charge is 0.272 e. The van der Waals surface area contributed by atoms with Crippen molar-refractivity contribution >= 4 is 11.8 Å². The summed E-state index contributed by atoms with van der Waals surface area (Å²) in [5.74, 6) is -0.750. The monoisotopic (exact) mass is 263 g/mol. The number of fused-ring (bicyclic) bond motifs is 1. The molecular formula is C13H14FN3O2. The summed E-state index contributed by atoms with van der Waals surface area (Å²) in [4.78, 5) is 30.9. The van der Waals surface area contributed by atoms with Gasteiger partial charge in [0.1, 0.15) is 5.69 Å². The molecule has 1 aromatic heterocycles. The first-order chi connectivity index (χ1) is 9.15. The Labute approximate surface area is 110 Å². The zero-order valence-corrected chi connectivity index (χ0v) is 10.4. The van der Waals surface area contributed by atoms with Crippen molar-refractivity contribution in [2.24, 2.45) is 0 Å². The second-order valence-corrected chi connectivity index (χ2v) is 4.88. The van der Waals surface area contributed by atoms with Crippen molar-refractivity contribution in [3.63, 3.8) is 0 Å². The summed E-state index contributed by atoms with van der Waals surface area (Å²) in [6, 6.07) is 4.31. The Bertz CT molecular complexity index is 534. The molecule has 0 N–H and O–H groups in total. The average molecular weight is 263 g/mol. The third-order valence-electron chi connectivity index (χ3n) is 3.72. The standard InChI is InChI=1S/C13H14FN3O2/c14-11-3-1-2-10(15-11)13(19)16-6-7-17-9(8-16)4-5-12(17)18/h1-3,9H,4-8H2. The van der Waals surface area contributed by atoms with Gasteiger partial charge in [0.2, 0.25) is 11.9 Å². The minimum absolute atomic E-state index is 0.110. The van der Waals surface area contributed by atoms with Crippen LogP contribution >= 0.6 is 0 Å². The van der Waals surface area contributed by atoms with Gasteiger partial charge in [-0.2, -0.15) is 4.39 Å². The first kappa shape index (κ1) is 12.1.